The Morgan fingerprint density at radius 3 is 2.52 bits per heavy atom. The minimum absolute atomic E-state index is 0.243. The van der Waals surface area contributed by atoms with Crippen molar-refractivity contribution in [2.45, 2.75) is 57.1 Å². The maximum Gasteiger partial charge on any atom is 0.417 e. The fourth-order valence-corrected chi connectivity index (χ4v) is 5.64. The van der Waals surface area contributed by atoms with E-state index in [1.54, 1.807) is 20.0 Å². The molecule has 2 N–H and O–H groups in total. The van der Waals surface area contributed by atoms with Crippen LogP contribution in [0.2, 0.25) is 5.02 Å². The molecule has 0 saturated carbocycles. The van der Waals surface area contributed by atoms with Crippen molar-refractivity contribution in [3.05, 3.63) is 99.3 Å². The zero-order chi connectivity index (χ0) is 28.7. The van der Waals surface area contributed by atoms with Gasteiger partial charge < -0.3 is 19.8 Å². The van der Waals surface area contributed by atoms with E-state index in [-0.39, 0.29) is 10.6 Å². The first-order valence-corrected chi connectivity index (χ1v) is 13.7. The summed E-state index contributed by atoms with van der Waals surface area (Å²) in [5.74, 6) is 0.724. The molecule has 1 aromatic heterocycles. The first kappa shape index (κ1) is 28.6. The van der Waals surface area contributed by atoms with Crippen LogP contribution in [0.1, 0.15) is 66.6 Å². The van der Waals surface area contributed by atoms with E-state index in [1.165, 1.54) is 12.1 Å². The van der Waals surface area contributed by atoms with Crippen LogP contribution in [-0.4, -0.2) is 39.7 Å². The number of fused-ring (bicyclic) bond motifs is 2. The van der Waals surface area contributed by atoms with E-state index >= 15 is 0 Å². The number of likely N-dealkylation sites (tertiary alicyclic amines) is 1. The number of nitrogens with zero attached hydrogens (tertiary/aromatic N) is 2. The van der Waals surface area contributed by atoms with Gasteiger partial charge in [0.1, 0.15) is 12.4 Å². The van der Waals surface area contributed by atoms with Crippen LogP contribution in [-0.2, 0) is 24.0 Å². The van der Waals surface area contributed by atoms with Crippen molar-refractivity contribution in [3.8, 4) is 5.75 Å². The van der Waals surface area contributed by atoms with E-state index < -0.39 is 22.9 Å². The quantitative estimate of drug-likeness (QED) is 0.357. The minimum atomic E-state index is -4.58. The molecule has 5 nitrogen and oxygen atoms in total. The molecule has 3 heterocycles. The molecule has 0 spiro atoms. The summed E-state index contributed by atoms with van der Waals surface area (Å²) in [4.78, 5) is 6.73. The lowest BCUT2D eigenvalue weighted by atomic mass is 9.83. The number of piperidine rings is 1. The second-order valence-corrected chi connectivity index (χ2v) is 11.4. The SMILES string of the molecule is CC(C)(O)c1ccc2c(c1)/C(=C/CCN1CCC(O)(c3ccc(Cl)c(C(F)(F)F)c3)CC1)c1cccnc1CO2. The predicted octanol–water partition coefficient (Wildman–Crippen LogP) is 6.68. The molecule has 0 radical (unpaired) electrons. The lowest BCUT2D eigenvalue weighted by molar-refractivity contribution is -0.137. The normalized spacial score (nSPS) is 18.6. The van der Waals surface area contributed by atoms with Gasteiger partial charge in [0.15, 0.2) is 0 Å². The fourth-order valence-electron chi connectivity index (χ4n) is 5.41. The van der Waals surface area contributed by atoms with Gasteiger partial charge in [0, 0.05) is 37.0 Å². The van der Waals surface area contributed by atoms with Crippen molar-refractivity contribution in [2.75, 3.05) is 19.6 Å². The molecular weight excluding hydrogens is 541 g/mol. The van der Waals surface area contributed by atoms with Crippen LogP contribution in [0.5, 0.6) is 5.75 Å². The van der Waals surface area contributed by atoms with Gasteiger partial charge in [-0.25, -0.2) is 0 Å². The van der Waals surface area contributed by atoms with Crippen LogP contribution in [0.3, 0.4) is 0 Å². The molecule has 9 heteroatoms. The van der Waals surface area contributed by atoms with Crippen LogP contribution in [0.25, 0.3) is 5.57 Å². The molecule has 3 aromatic rings. The Balaban J connectivity index is 1.33. The number of hydrogen-bond acceptors (Lipinski definition) is 5. The Bertz CT molecular complexity index is 1420. The Hall–Kier alpha value is -2.91. The fraction of sp³-hybridized carbons (Fsp3) is 0.387. The van der Waals surface area contributed by atoms with E-state index in [9.17, 15) is 23.4 Å². The maximum absolute atomic E-state index is 13.4. The third-order valence-corrected chi connectivity index (χ3v) is 8.14. The molecule has 0 atom stereocenters. The van der Waals surface area contributed by atoms with Crippen LogP contribution in [0, 0.1) is 0 Å². The molecule has 1 saturated heterocycles. The average Bonchev–Trinajstić information content (AvgIpc) is 3.05. The second-order valence-electron chi connectivity index (χ2n) is 11.0. The number of benzene rings is 2. The predicted molar refractivity (Wildman–Crippen MR) is 148 cm³/mol. The van der Waals surface area contributed by atoms with Gasteiger partial charge in [-0.1, -0.05) is 35.9 Å². The molecule has 0 aliphatic carbocycles. The van der Waals surface area contributed by atoms with Crippen molar-refractivity contribution in [3.63, 3.8) is 0 Å². The molecule has 0 bridgehead atoms. The largest absolute Gasteiger partial charge is 0.487 e. The lowest BCUT2D eigenvalue weighted by Gasteiger charge is -2.38. The first-order chi connectivity index (χ1) is 18.8. The highest BCUT2D eigenvalue weighted by Crippen LogP contribution is 2.41. The summed E-state index contributed by atoms with van der Waals surface area (Å²) < 4.78 is 46.2. The van der Waals surface area contributed by atoms with Gasteiger partial charge in [-0.15, -0.1) is 0 Å². The van der Waals surface area contributed by atoms with Crippen LogP contribution >= 0.6 is 11.6 Å². The number of pyridine rings is 1. The van der Waals surface area contributed by atoms with Crippen LogP contribution < -0.4 is 4.74 Å². The number of halogens is 4. The number of aliphatic hydroxyl groups is 2. The maximum atomic E-state index is 13.4. The van der Waals surface area contributed by atoms with E-state index in [0.717, 1.165) is 39.8 Å². The summed E-state index contributed by atoms with van der Waals surface area (Å²) in [6.45, 7) is 5.64. The molecule has 2 aliphatic rings. The van der Waals surface area contributed by atoms with Gasteiger partial charge in [-0.2, -0.15) is 13.2 Å². The van der Waals surface area contributed by atoms with Gasteiger partial charge >= 0.3 is 6.18 Å². The molecule has 40 heavy (non-hydrogen) atoms. The van der Waals surface area contributed by atoms with E-state index in [0.29, 0.717) is 45.5 Å². The van der Waals surface area contributed by atoms with E-state index in [1.807, 2.05) is 30.3 Å². The smallest absolute Gasteiger partial charge is 0.417 e. The zero-order valence-corrected chi connectivity index (χ0v) is 23.2. The summed E-state index contributed by atoms with van der Waals surface area (Å²) in [7, 11) is 0. The molecule has 1 fully saturated rings. The Labute approximate surface area is 236 Å². The van der Waals surface area contributed by atoms with Crippen LogP contribution in [0.15, 0.2) is 60.8 Å². The molecule has 212 valence electrons. The lowest BCUT2D eigenvalue weighted by Crippen LogP contribution is -2.42. The Morgan fingerprint density at radius 2 is 1.82 bits per heavy atom. The monoisotopic (exact) mass is 572 g/mol. The van der Waals surface area contributed by atoms with Crippen molar-refractivity contribution < 1.29 is 28.1 Å². The molecule has 2 aromatic carbocycles. The molecule has 2 aliphatic heterocycles. The Morgan fingerprint density at radius 1 is 1.07 bits per heavy atom. The summed E-state index contributed by atoms with van der Waals surface area (Å²) in [5, 5.41) is 21.5. The zero-order valence-electron chi connectivity index (χ0n) is 22.4. The molecule has 0 amide bonds. The van der Waals surface area contributed by atoms with Crippen LogP contribution in [0.4, 0.5) is 13.2 Å². The highest BCUT2D eigenvalue weighted by atomic mass is 35.5. The summed E-state index contributed by atoms with van der Waals surface area (Å²) in [6.07, 6.45) is 0.652. The van der Waals surface area contributed by atoms with Crippen molar-refractivity contribution in [1.82, 2.24) is 9.88 Å². The van der Waals surface area contributed by atoms with E-state index in [4.69, 9.17) is 16.3 Å². The summed E-state index contributed by atoms with van der Waals surface area (Å²) in [5.41, 5.74) is 1.43. The van der Waals surface area contributed by atoms with Gasteiger partial charge in [0.2, 0.25) is 0 Å². The van der Waals surface area contributed by atoms with Crippen molar-refractivity contribution >= 4 is 17.2 Å². The van der Waals surface area contributed by atoms with E-state index in [2.05, 4.69) is 16.0 Å². The molecular formula is C31H32ClF3N2O3. The molecule has 5 rings (SSSR count). The highest BCUT2D eigenvalue weighted by molar-refractivity contribution is 6.31. The van der Waals surface area contributed by atoms with Crippen molar-refractivity contribution in [2.24, 2.45) is 0 Å². The van der Waals surface area contributed by atoms with Gasteiger partial charge in [-0.05, 0) is 80.1 Å². The molecule has 0 unspecified atom stereocenters. The number of ether oxygens (including phenoxy) is 1. The van der Waals surface area contributed by atoms with Gasteiger partial charge in [0.25, 0.3) is 0 Å². The van der Waals surface area contributed by atoms with Gasteiger partial charge in [0.05, 0.1) is 27.5 Å². The number of hydrogen-bond donors (Lipinski definition) is 2. The first-order valence-electron chi connectivity index (χ1n) is 13.3. The minimum Gasteiger partial charge on any atom is -0.487 e. The number of rotatable bonds is 5. The third kappa shape index (κ3) is 5.91. The summed E-state index contributed by atoms with van der Waals surface area (Å²) in [6, 6.07) is 13.3. The topological polar surface area (TPSA) is 65.8 Å². The third-order valence-electron chi connectivity index (χ3n) is 7.81. The standard InChI is InChI=1S/C31H32ClF3N2O3/c1-29(2,38)20-8-10-28-24(17-20)22(23-5-3-13-36-27(23)19-40-28)6-4-14-37-15-11-30(39,12-16-37)21-7-9-26(32)25(18-21)31(33,34)35/h3,5-10,13,17-18,38-39H,4,11-12,14-16,19H2,1-2H3/b22-6+. The number of aromatic nitrogens is 1. The van der Waals surface area contributed by atoms with Crippen molar-refractivity contribution in [1.29, 1.82) is 0 Å². The highest BCUT2D eigenvalue weighted by Gasteiger charge is 2.38. The summed E-state index contributed by atoms with van der Waals surface area (Å²) >= 11 is 5.77. The number of alkyl halides is 3. The van der Waals surface area contributed by atoms with Gasteiger partial charge in [-0.3, -0.25) is 4.98 Å². The average molecular weight is 573 g/mol. The second kappa shape index (κ2) is 10.8. The Kier molecular flexibility index (Phi) is 7.74.